The van der Waals surface area contributed by atoms with Crippen LogP contribution in [0, 0.1) is 0 Å². The summed E-state index contributed by atoms with van der Waals surface area (Å²) in [7, 11) is 0. The van der Waals surface area contributed by atoms with Crippen LogP contribution >= 0.6 is 0 Å². The molecule has 0 spiro atoms. The number of aromatic nitrogens is 3. The van der Waals surface area contributed by atoms with E-state index >= 15 is 0 Å². The summed E-state index contributed by atoms with van der Waals surface area (Å²) in [5, 5.41) is 10.7. The van der Waals surface area contributed by atoms with E-state index in [1.54, 1.807) is 4.68 Å². The Morgan fingerprint density at radius 2 is 1.70 bits per heavy atom. The van der Waals surface area contributed by atoms with Gasteiger partial charge in [0.1, 0.15) is 19.0 Å². The number of amides is 1. The number of carbonyl (C=O) groups is 1. The Balaban J connectivity index is 1.45. The monoisotopic (exact) mass is 495 g/mol. The van der Waals surface area contributed by atoms with Gasteiger partial charge in [-0.2, -0.15) is 10.1 Å². The van der Waals surface area contributed by atoms with Gasteiger partial charge in [0.2, 0.25) is 5.95 Å². The van der Waals surface area contributed by atoms with E-state index in [0.717, 1.165) is 22.4 Å². The summed E-state index contributed by atoms with van der Waals surface area (Å²) in [6.07, 6.45) is 1.48. The third-order valence-corrected chi connectivity index (χ3v) is 6.16. The van der Waals surface area contributed by atoms with Crippen molar-refractivity contribution in [1.82, 2.24) is 20.1 Å². The highest BCUT2D eigenvalue weighted by atomic mass is 16.5. The van der Waals surface area contributed by atoms with Crippen LogP contribution in [0.15, 0.2) is 96.5 Å². The van der Waals surface area contributed by atoms with Gasteiger partial charge >= 0.3 is 0 Å². The molecule has 0 radical (unpaired) electrons. The van der Waals surface area contributed by atoms with E-state index in [0.29, 0.717) is 42.8 Å². The Labute approximate surface area is 216 Å². The molecular weight excluding hydrogens is 466 g/mol. The number of fused-ring (bicyclic) bond motifs is 1. The maximum Gasteiger partial charge on any atom is 0.251 e. The fourth-order valence-electron chi connectivity index (χ4n) is 4.38. The van der Waals surface area contributed by atoms with E-state index in [-0.39, 0.29) is 5.91 Å². The predicted molar refractivity (Wildman–Crippen MR) is 141 cm³/mol. The van der Waals surface area contributed by atoms with Crippen LogP contribution in [0.25, 0.3) is 0 Å². The zero-order valence-electron chi connectivity index (χ0n) is 20.8. The van der Waals surface area contributed by atoms with Gasteiger partial charge in [-0.1, -0.05) is 66.7 Å². The third kappa shape index (κ3) is 5.33. The van der Waals surface area contributed by atoms with E-state index in [1.165, 1.54) is 6.33 Å². The van der Waals surface area contributed by atoms with Crippen molar-refractivity contribution >= 4 is 11.9 Å². The first-order valence-corrected chi connectivity index (χ1v) is 12.3. The van der Waals surface area contributed by atoms with E-state index in [2.05, 4.69) is 20.7 Å². The molecule has 0 bridgehead atoms. The lowest BCUT2D eigenvalue weighted by Crippen LogP contribution is -2.34. The molecule has 1 aromatic heterocycles. The molecular formula is C29H29N5O3. The zero-order chi connectivity index (χ0) is 25.6. The van der Waals surface area contributed by atoms with E-state index < -0.39 is 6.04 Å². The normalized spacial score (nSPS) is 14.5. The van der Waals surface area contributed by atoms with Gasteiger partial charge in [0, 0.05) is 12.2 Å². The molecule has 5 rings (SSSR count). The second kappa shape index (κ2) is 11.0. The van der Waals surface area contributed by atoms with Gasteiger partial charge in [0.15, 0.2) is 11.5 Å². The first kappa shape index (κ1) is 24.1. The van der Waals surface area contributed by atoms with Gasteiger partial charge < -0.3 is 20.1 Å². The molecule has 4 aromatic rings. The summed E-state index contributed by atoms with van der Waals surface area (Å²) in [6, 6.07) is 25.1. The standard InChI is InChI=1S/C29H29N5O3/c1-3-36-25-16-23(14-15-24(25)37-18-22-12-8-5-9-13-22)27-26(20(2)33-29-31-19-32-34(27)29)28(35)30-17-21-10-6-4-7-11-21/h4-16,19,27H,3,17-18H2,1-2H3,(H,30,35)(H,31,32,33)/t27-/m1/s1. The van der Waals surface area contributed by atoms with Crippen LogP contribution in [-0.4, -0.2) is 27.3 Å². The summed E-state index contributed by atoms with van der Waals surface area (Å²) in [5.41, 5.74) is 4.21. The van der Waals surface area contributed by atoms with Gasteiger partial charge in [0.05, 0.1) is 12.2 Å². The molecule has 8 heteroatoms. The highest BCUT2D eigenvalue weighted by Gasteiger charge is 2.33. The van der Waals surface area contributed by atoms with Crippen molar-refractivity contribution in [2.24, 2.45) is 0 Å². The second-order valence-electron chi connectivity index (χ2n) is 8.68. The minimum Gasteiger partial charge on any atom is -0.490 e. The third-order valence-electron chi connectivity index (χ3n) is 6.16. The number of rotatable bonds is 9. The molecule has 0 saturated carbocycles. The number of hydrogen-bond donors (Lipinski definition) is 2. The molecule has 1 atom stereocenters. The molecule has 0 fully saturated rings. The van der Waals surface area contributed by atoms with Gasteiger partial charge in [-0.05, 0) is 42.7 Å². The predicted octanol–water partition coefficient (Wildman–Crippen LogP) is 4.86. The van der Waals surface area contributed by atoms with Gasteiger partial charge in [-0.3, -0.25) is 4.79 Å². The molecule has 0 aliphatic carbocycles. The van der Waals surface area contributed by atoms with Gasteiger partial charge in [-0.15, -0.1) is 0 Å². The Morgan fingerprint density at radius 3 is 2.43 bits per heavy atom. The lowest BCUT2D eigenvalue weighted by Gasteiger charge is -2.29. The number of ether oxygens (including phenoxy) is 2. The lowest BCUT2D eigenvalue weighted by atomic mass is 9.94. The van der Waals surface area contributed by atoms with E-state index in [1.807, 2.05) is 92.7 Å². The zero-order valence-corrected chi connectivity index (χ0v) is 20.8. The Bertz CT molecular complexity index is 1400. The van der Waals surface area contributed by atoms with Crippen LogP contribution in [-0.2, 0) is 17.9 Å². The number of benzene rings is 3. The Morgan fingerprint density at radius 1 is 0.973 bits per heavy atom. The van der Waals surface area contributed by atoms with Crippen LogP contribution in [0.3, 0.4) is 0 Å². The maximum atomic E-state index is 13.5. The molecule has 37 heavy (non-hydrogen) atoms. The second-order valence-corrected chi connectivity index (χ2v) is 8.68. The molecule has 1 aliphatic rings. The number of allylic oxidation sites excluding steroid dienone is 1. The molecule has 0 unspecified atom stereocenters. The summed E-state index contributed by atoms with van der Waals surface area (Å²) in [6.45, 7) is 5.13. The van der Waals surface area contributed by atoms with Crippen molar-refractivity contribution in [3.05, 3.63) is 113 Å². The molecule has 2 N–H and O–H groups in total. The van der Waals surface area contributed by atoms with Crippen LogP contribution in [0.4, 0.5) is 5.95 Å². The average Bonchev–Trinajstić information content (AvgIpc) is 3.39. The van der Waals surface area contributed by atoms with Crippen LogP contribution < -0.4 is 20.1 Å². The first-order chi connectivity index (χ1) is 18.1. The first-order valence-electron chi connectivity index (χ1n) is 12.3. The summed E-state index contributed by atoms with van der Waals surface area (Å²) < 4.78 is 13.8. The number of carbonyl (C=O) groups excluding carboxylic acids is 1. The van der Waals surface area contributed by atoms with Crippen LogP contribution in [0.5, 0.6) is 11.5 Å². The van der Waals surface area contributed by atoms with Crippen molar-refractivity contribution in [2.45, 2.75) is 33.0 Å². The number of hydrogen-bond acceptors (Lipinski definition) is 6. The summed E-state index contributed by atoms with van der Waals surface area (Å²) in [4.78, 5) is 17.8. The van der Waals surface area contributed by atoms with Crippen LogP contribution in [0.2, 0.25) is 0 Å². The summed E-state index contributed by atoms with van der Waals surface area (Å²) in [5.74, 6) is 1.64. The molecule has 0 saturated heterocycles. The summed E-state index contributed by atoms with van der Waals surface area (Å²) >= 11 is 0. The molecule has 8 nitrogen and oxygen atoms in total. The fraction of sp³-hybridized carbons (Fsp3) is 0.207. The number of nitrogens with one attached hydrogen (secondary N) is 2. The Kier molecular flexibility index (Phi) is 7.16. The van der Waals surface area contributed by atoms with Crippen molar-refractivity contribution < 1.29 is 14.3 Å². The van der Waals surface area contributed by atoms with E-state index in [4.69, 9.17) is 9.47 Å². The smallest absolute Gasteiger partial charge is 0.251 e. The van der Waals surface area contributed by atoms with Crippen molar-refractivity contribution in [3.8, 4) is 11.5 Å². The molecule has 188 valence electrons. The highest BCUT2D eigenvalue weighted by Crippen LogP contribution is 2.38. The molecule has 3 aromatic carbocycles. The topological polar surface area (TPSA) is 90.3 Å². The quantitative estimate of drug-likeness (QED) is 0.345. The van der Waals surface area contributed by atoms with Crippen LogP contribution in [0.1, 0.15) is 36.6 Å². The maximum absolute atomic E-state index is 13.5. The molecule has 1 aliphatic heterocycles. The minimum atomic E-state index is -0.489. The number of anilines is 1. The van der Waals surface area contributed by atoms with Gasteiger partial charge in [-0.25, -0.2) is 4.68 Å². The highest BCUT2D eigenvalue weighted by molar-refractivity contribution is 5.96. The fourth-order valence-corrected chi connectivity index (χ4v) is 4.38. The minimum absolute atomic E-state index is 0.178. The average molecular weight is 496 g/mol. The molecule has 1 amide bonds. The largest absolute Gasteiger partial charge is 0.490 e. The van der Waals surface area contributed by atoms with Gasteiger partial charge in [0.25, 0.3) is 5.91 Å². The SMILES string of the molecule is CCOc1cc([C@@H]2C(C(=O)NCc3ccccc3)=C(C)Nc3ncnn32)ccc1OCc1ccccc1. The van der Waals surface area contributed by atoms with Crippen molar-refractivity contribution in [3.63, 3.8) is 0 Å². The Hall–Kier alpha value is -4.59. The number of nitrogens with zero attached hydrogens (tertiary/aromatic N) is 3. The van der Waals surface area contributed by atoms with Crippen molar-refractivity contribution in [1.29, 1.82) is 0 Å². The van der Waals surface area contributed by atoms with Crippen molar-refractivity contribution in [2.75, 3.05) is 11.9 Å². The van der Waals surface area contributed by atoms with E-state index in [9.17, 15) is 4.79 Å². The molecule has 2 heterocycles. The lowest BCUT2D eigenvalue weighted by molar-refractivity contribution is -0.118.